The Labute approximate surface area is 306 Å². The molecule has 2 atom stereocenters. The number of hydrogen-bond donors (Lipinski definition) is 3. The number of imide groups is 1. The van der Waals surface area contributed by atoms with E-state index >= 15 is 0 Å². The van der Waals surface area contributed by atoms with Crippen molar-refractivity contribution in [3.8, 4) is 11.5 Å². The van der Waals surface area contributed by atoms with Crippen LogP contribution >= 0.6 is 15.9 Å². The fourth-order valence-electron chi connectivity index (χ4n) is 6.52. The molecule has 51 heavy (non-hydrogen) atoms. The van der Waals surface area contributed by atoms with Crippen molar-refractivity contribution in [2.45, 2.75) is 45.1 Å². The molecule has 12 nitrogen and oxygen atoms in total. The van der Waals surface area contributed by atoms with Gasteiger partial charge in [0.1, 0.15) is 11.6 Å². The number of benzene rings is 3. The lowest BCUT2D eigenvalue weighted by Gasteiger charge is -2.34. The molecule has 2 fully saturated rings. The molecular weight excluding hydrogens is 714 g/mol. The monoisotopic (exact) mass is 757 g/mol. The number of rotatable bonds is 13. The maximum Gasteiger partial charge on any atom is 0.241 e. The molecule has 0 saturated carbocycles. The highest BCUT2D eigenvalue weighted by Gasteiger charge is 2.28. The van der Waals surface area contributed by atoms with Gasteiger partial charge in [0.05, 0.1) is 37.7 Å². The number of aromatic nitrogens is 2. The Morgan fingerprint density at radius 3 is 2.55 bits per heavy atom. The van der Waals surface area contributed by atoms with Gasteiger partial charge in [-0.15, -0.1) is 0 Å². The minimum absolute atomic E-state index is 0.0247. The molecular formula is C38H44BrN7O5. The van der Waals surface area contributed by atoms with Gasteiger partial charge in [-0.05, 0) is 68.1 Å². The summed E-state index contributed by atoms with van der Waals surface area (Å²) in [4.78, 5) is 50.2. The number of carbonyl (C=O) groups excluding carboxylic acids is 3. The number of aryl methyl sites for hydroxylation is 1. The molecule has 3 amide bonds. The molecule has 1 aromatic heterocycles. The zero-order valence-electron chi connectivity index (χ0n) is 29.2. The van der Waals surface area contributed by atoms with Gasteiger partial charge >= 0.3 is 0 Å². The van der Waals surface area contributed by atoms with Crippen LogP contribution in [0.2, 0.25) is 0 Å². The van der Waals surface area contributed by atoms with Gasteiger partial charge < -0.3 is 25.0 Å². The molecule has 2 saturated heterocycles. The van der Waals surface area contributed by atoms with E-state index in [-0.39, 0.29) is 36.2 Å². The molecule has 3 heterocycles. The third-order valence-electron chi connectivity index (χ3n) is 9.39. The number of nitrogens with one attached hydrogen (secondary N) is 3. The van der Waals surface area contributed by atoms with Gasteiger partial charge in [0.2, 0.25) is 17.7 Å². The number of methoxy groups -OCH3 is 1. The minimum atomic E-state index is -0.323. The average Bonchev–Trinajstić information content (AvgIpc) is 3.12. The van der Waals surface area contributed by atoms with Gasteiger partial charge in [-0.1, -0.05) is 40.2 Å². The Hall–Kier alpha value is -4.75. The van der Waals surface area contributed by atoms with Crippen LogP contribution < -0.4 is 25.4 Å². The van der Waals surface area contributed by atoms with Crippen molar-refractivity contribution >= 4 is 56.1 Å². The van der Waals surface area contributed by atoms with E-state index < -0.39 is 0 Å². The number of anilines is 2. The van der Waals surface area contributed by atoms with Crippen LogP contribution in [0, 0.1) is 6.92 Å². The molecule has 2 aliphatic rings. The van der Waals surface area contributed by atoms with Crippen molar-refractivity contribution in [2.24, 2.45) is 0 Å². The molecule has 3 aromatic carbocycles. The SMILES string of the molecule is COc1cc2c(N[C@H](C)c3cccc(Br)c3)nc(C)nc2cc1OCCCN1CCN(C(=O)CNc2ccc(C3CCC(=O)NC3=O)cc2)CC1. The highest BCUT2D eigenvalue weighted by atomic mass is 79.9. The lowest BCUT2D eigenvalue weighted by Crippen LogP contribution is -2.50. The van der Waals surface area contributed by atoms with Crippen molar-refractivity contribution in [3.05, 3.63) is 82.1 Å². The van der Waals surface area contributed by atoms with Crippen LogP contribution in [0.25, 0.3) is 10.9 Å². The maximum absolute atomic E-state index is 12.9. The highest BCUT2D eigenvalue weighted by molar-refractivity contribution is 9.10. The molecule has 4 aromatic rings. The summed E-state index contributed by atoms with van der Waals surface area (Å²) in [6, 6.07) is 19.6. The van der Waals surface area contributed by atoms with E-state index in [1.807, 2.05) is 60.4 Å². The minimum Gasteiger partial charge on any atom is -0.493 e. The van der Waals surface area contributed by atoms with E-state index in [2.05, 4.69) is 60.8 Å². The Morgan fingerprint density at radius 2 is 1.82 bits per heavy atom. The number of piperidine rings is 1. The molecule has 1 unspecified atom stereocenters. The van der Waals surface area contributed by atoms with E-state index in [0.29, 0.717) is 49.9 Å². The summed E-state index contributed by atoms with van der Waals surface area (Å²) in [5, 5.41) is 10.0. The smallest absolute Gasteiger partial charge is 0.241 e. The predicted octanol–water partition coefficient (Wildman–Crippen LogP) is 5.43. The largest absolute Gasteiger partial charge is 0.493 e. The van der Waals surface area contributed by atoms with Crippen molar-refractivity contribution in [1.82, 2.24) is 25.1 Å². The van der Waals surface area contributed by atoms with Crippen LogP contribution in [0.4, 0.5) is 11.5 Å². The first-order chi connectivity index (χ1) is 24.7. The Balaban J connectivity index is 0.947. The number of hydrogen-bond acceptors (Lipinski definition) is 10. The molecule has 0 aliphatic carbocycles. The molecule has 0 radical (unpaired) electrons. The van der Waals surface area contributed by atoms with Gasteiger partial charge in [0.25, 0.3) is 0 Å². The molecule has 0 spiro atoms. The maximum atomic E-state index is 12.9. The first-order valence-corrected chi connectivity index (χ1v) is 18.1. The van der Waals surface area contributed by atoms with Crippen LogP contribution in [0.15, 0.2) is 65.1 Å². The summed E-state index contributed by atoms with van der Waals surface area (Å²) >= 11 is 3.56. The fourth-order valence-corrected chi connectivity index (χ4v) is 6.94. The van der Waals surface area contributed by atoms with Crippen LogP contribution in [0.3, 0.4) is 0 Å². The lowest BCUT2D eigenvalue weighted by molar-refractivity contribution is -0.134. The molecule has 3 N–H and O–H groups in total. The number of carbonyl (C=O) groups is 3. The topological polar surface area (TPSA) is 138 Å². The lowest BCUT2D eigenvalue weighted by atomic mass is 9.90. The van der Waals surface area contributed by atoms with E-state index in [0.717, 1.165) is 64.1 Å². The summed E-state index contributed by atoms with van der Waals surface area (Å²) in [5.74, 6) is 1.92. The molecule has 2 aliphatic heterocycles. The molecule has 0 bridgehead atoms. The second-order valence-corrected chi connectivity index (χ2v) is 13.9. The van der Waals surface area contributed by atoms with Gasteiger partial charge in [-0.2, -0.15) is 0 Å². The number of ether oxygens (including phenoxy) is 2. The van der Waals surface area contributed by atoms with Crippen molar-refractivity contribution in [2.75, 3.05) is 63.6 Å². The first kappa shape index (κ1) is 36.1. The van der Waals surface area contributed by atoms with Gasteiger partial charge in [-0.25, -0.2) is 9.97 Å². The van der Waals surface area contributed by atoms with E-state index in [4.69, 9.17) is 14.5 Å². The summed E-state index contributed by atoms with van der Waals surface area (Å²) in [6.07, 6.45) is 1.68. The highest BCUT2D eigenvalue weighted by Crippen LogP contribution is 2.35. The Kier molecular flexibility index (Phi) is 11.7. The zero-order valence-corrected chi connectivity index (χ0v) is 30.8. The van der Waals surface area contributed by atoms with E-state index in [1.165, 1.54) is 0 Å². The van der Waals surface area contributed by atoms with Gasteiger partial charge in [0, 0.05) is 60.8 Å². The molecule has 268 valence electrons. The number of amides is 3. The second-order valence-electron chi connectivity index (χ2n) is 13.0. The van der Waals surface area contributed by atoms with Gasteiger partial charge in [0.15, 0.2) is 11.5 Å². The third kappa shape index (κ3) is 9.14. The predicted molar refractivity (Wildman–Crippen MR) is 200 cm³/mol. The first-order valence-electron chi connectivity index (χ1n) is 17.4. The summed E-state index contributed by atoms with van der Waals surface area (Å²) in [5.41, 5.74) is 3.59. The molecule has 6 rings (SSSR count). The standard InChI is InChI=1S/C38H44BrN7O5/c1-24(27-6-4-7-28(39)20-27)41-37-31-21-33(50-3)34(22-32(31)42-25(2)43-37)51-19-5-14-45-15-17-46(18-16-45)36(48)23-40-29-10-8-26(9-11-29)30-12-13-35(47)44-38(30)49/h4,6-11,20-22,24,30,40H,5,12-19,23H2,1-3H3,(H,41,42,43)(H,44,47,49)/t24-,30?/m1/s1. The Morgan fingerprint density at radius 1 is 1.04 bits per heavy atom. The van der Waals surface area contributed by atoms with Crippen molar-refractivity contribution < 1.29 is 23.9 Å². The van der Waals surface area contributed by atoms with Crippen molar-refractivity contribution in [3.63, 3.8) is 0 Å². The third-order valence-corrected chi connectivity index (χ3v) is 9.89. The van der Waals surface area contributed by atoms with Crippen LogP contribution in [-0.2, 0) is 14.4 Å². The number of fused-ring (bicyclic) bond motifs is 1. The van der Waals surface area contributed by atoms with E-state index in [1.54, 1.807) is 7.11 Å². The Bertz CT molecular complexity index is 1880. The summed E-state index contributed by atoms with van der Waals surface area (Å²) in [6.45, 7) is 8.50. The summed E-state index contributed by atoms with van der Waals surface area (Å²) < 4.78 is 13.0. The van der Waals surface area contributed by atoms with E-state index in [9.17, 15) is 14.4 Å². The quantitative estimate of drug-likeness (QED) is 0.120. The fraction of sp³-hybridized carbons (Fsp3) is 0.395. The zero-order chi connectivity index (χ0) is 35.9. The normalized spacial score (nSPS) is 17.2. The number of halogens is 1. The van der Waals surface area contributed by atoms with Crippen LogP contribution in [0.5, 0.6) is 11.5 Å². The summed E-state index contributed by atoms with van der Waals surface area (Å²) in [7, 11) is 1.64. The van der Waals surface area contributed by atoms with Crippen LogP contribution in [-0.4, -0.2) is 90.5 Å². The van der Waals surface area contributed by atoms with Crippen molar-refractivity contribution in [1.29, 1.82) is 0 Å². The number of piperazine rings is 1. The average molecular weight is 759 g/mol. The van der Waals surface area contributed by atoms with Crippen LogP contribution in [0.1, 0.15) is 55.1 Å². The second kappa shape index (κ2) is 16.5. The molecule has 13 heteroatoms. The van der Waals surface area contributed by atoms with Gasteiger partial charge in [-0.3, -0.25) is 24.6 Å². The number of nitrogens with zero attached hydrogens (tertiary/aromatic N) is 4.